The molecule has 0 bridgehead atoms. The van der Waals surface area contributed by atoms with Crippen LogP contribution in [0.25, 0.3) is 16.8 Å². The summed E-state index contributed by atoms with van der Waals surface area (Å²) in [4.78, 5) is 7.37. The van der Waals surface area contributed by atoms with Crippen molar-refractivity contribution >= 4 is 5.52 Å². The minimum absolute atomic E-state index is 0.852. The number of fused-ring (bicyclic) bond motifs is 1. The van der Waals surface area contributed by atoms with Gasteiger partial charge in [0, 0.05) is 38.4 Å². The molecule has 7 heteroatoms. The van der Waals surface area contributed by atoms with Gasteiger partial charge in [0.15, 0.2) is 0 Å². The first-order chi connectivity index (χ1) is 11.3. The lowest BCUT2D eigenvalue weighted by atomic mass is 10.2. The van der Waals surface area contributed by atoms with Gasteiger partial charge in [0.2, 0.25) is 0 Å². The fraction of sp³-hybridized carbons (Fsp3) is 0.438. The molecule has 1 N–H and O–H groups in total. The van der Waals surface area contributed by atoms with Gasteiger partial charge in [0.25, 0.3) is 0 Å². The first kappa shape index (κ1) is 14.3. The number of aryl methyl sites for hydroxylation is 1. The average Bonchev–Trinajstić information content (AvgIpc) is 3.11. The van der Waals surface area contributed by atoms with Crippen LogP contribution < -0.4 is 5.32 Å². The molecule has 0 aromatic carbocycles. The van der Waals surface area contributed by atoms with E-state index in [-0.39, 0.29) is 0 Å². The Morgan fingerprint density at radius 2 is 2.13 bits per heavy atom. The van der Waals surface area contributed by atoms with Crippen LogP contribution in [0.4, 0.5) is 0 Å². The Kier molecular flexibility index (Phi) is 3.80. The van der Waals surface area contributed by atoms with Crippen molar-refractivity contribution in [2.75, 3.05) is 26.2 Å². The van der Waals surface area contributed by atoms with Crippen LogP contribution in [0, 0.1) is 0 Å². The van der Waals surface area contributed by atoms with Gasteiger partial charge in [-0.2, -0.15) is 10.2 Å². The Labute approximate surface area is 134 Å². The van der Waals surface area contributed by atoms with Gasteiger partial charge in [-0.3, -0.25) is 9.58 Å². The Morgan fingerprint density at radius 1 is 1.17 bits per heavy atom. The molecule has 7 nitrogen and oxygen atoms in total. The summed E-state index contributed by atoms with van der Waals surface area (Å²) in [5, 5.41) is 12.1. The molecule has 3 aromatic heterocycles. The molecule has 0 saturated carbocycles. The van der Waals surface area contributed by atoms with E-state index in [0.29, 0.717) is 0 Å². The summed E-state index contributed by atoms with van der Waals surface area (Å²) in [7, 11) is 1.92. The maximum Gasteiger partial charge on any atom is 0.0921 e. The van der Waals surface area contributed by atoms with Crippen LogP contribution in [0.1, 0.15) is 12.1 Å². The van der Waals surface area contributed by atoms with Crippen molar-refractivity contribution in [3.8, 4) is 11.3 Å². The standard InChI is InChI=1S/C16H21N7/c1-21-10-13(9-19-21)14-12-23-16(3-5-18-23)15(20-14)11-22-7-2-4-17-6-8-22/h3,5,9-10,12,17H,2,4,6-8,11H2,1H3. The van der Waals surface area contributed by atoms with Gasteiger partial charge in [-0.25, -0.2) is 9.50 Å². The first-order valence-electron chi connectivity index (χ1n) is 8.05. The Hall–Kier alpha value is -2.25. The molecule has 0 atom stereocenters. The van der Waals surface area contributed by atoms with Crippen LogP contribution in [0.2, 0.25) is 0 Å². The minimum Gasteiger partial charge on any atom is -0.315 e. The first-order valence-corrected chi connectivity index (χ1v) is 8.05. The van der Waals surface area contributed by atoms with Gasteiger partial charge in [0.1, 0.15) is 0 Å². The normalized spacial score (nSPS) is 16.7. The summed E-state index contributed by atoms with van der Waals surface area (Å²) < 4.78 is 3.71. The Morgan fingerprint density at radius 3 is 3.00 bits per heavy atom. The molecule has 1 fully saturated rings. The predicted octanol–water partition coefficient (Wildman–Crippen LogP) is 0.925. The van der Waals surface area contributed by atoms with Crippen molar-refractivity contribution in [3.05, 3.63) is 36.5 Å². The zero-order valence-corrected chi connectivity index (χ0v) is 13.3. The largest absolute Gasteiger partial charge is 0.315 e. The summed E-state index contributed by atoms with van der Waals surface area (Å²) in [5.41, 5.74) is 4.08. The predicted molar refractivity (Wildman–Crippen MR) is 88.0 cm³/mol. The number of nitrogens with one attached hydrogen (secondary N) is 1. The van der Waals surface area contributed by atoms with Gasteiger partial charge in [-0.05, 0) is 25.6 Å². The van der Waals surface area contributed by atoms with E-state index < -0.39 is 0 Å². The zero-order valence-electron chi connectivity index (χ0n) is 13.3. The monoisotopic (exact) mass is 311 g/mol. The molecule has 23 heavy (non-hydrogen) atoms. The Bertz CT molecular complexity index is 796. The number of nitrogens with zero attached hydrogens (tertiary/aromatic N) is 6. The van der Waals surface area contributed by atoms with Crippen molar-refractivity contribution in [1.29, 1.82) is 0 Å². The van der Waals surface area contributed by atoms with Gasteiger partial charge in [-0.15, -0.1) is 0 Å². The number of rotatable bonds is 3. The summed E-state index contributed by atoms with van der Waals surface area (Å²) in [6, 6.07) is 2.03. The van der Waals surface area contributed by atoms with Gasteiger partial charge < -0.3 is 5.32 Å². The van der Waals surface area contributed by atoms with E-state index >= 15 is 0 Å². The summed E-state index contributed by atoms with van der Waals surface area (Å²) in [5.74, 6) is 0. The molecule has 1 aliphatic heterocycles. The van der Waals surface area contributed by atoms with Crippen LogP contribution in [0.3, 0.4) is 0 Å². The van der Waals surface area contributed by atoms with E-state index in [0.717, 1.165) is 55.2 Å². The minimum atomic E-state index is 0.852. The lowest BCUT2D eigenvalue weighted by Crippen LogP contribution is -2.28. The molecule has 120 valence electrons. The smallest absolute Gasteiger partial charge is 0.0921 e. The van der Waals surface area contributed by atoms with Gasteiger partial charge in [0.05, 0.1) is 35.5 Å². The maximum absolute atomic E-state index is 4.91. The highest BCUT2D eigenvalue weighted by Crippen LogP contribution is 2.20. The average molecular weight is 311 g/mol. The van der Waals surface area contributed by atoms with E-state index in [1.54, 1.807) is 4.68 Å². The second kappa shape index (κ2) is 6.10. The third-order valence-corrected chi connectivity index (χ3v) is 4.27. The van der Waals surface area contributed by atoms with Crippen molar-refractivity contribution < 1.29 is 0 Å². The van der Waals surface area contributed by atoms with Crippen LogP contribution in [-0.4, -0.2) is 55.5 Å². The summed E-state index contributed by atoms with van der Waals surface area (Å²) in [6.07, 6.45) is 8.81. The molecular weight excluding hydrogens is 290 g/mol. The van der Waals surface area contributed by atoms with Crippen molar-refractivity contribution in [2.45, 2.75) is 13.0 Å². The molecule has 0 aliphatic carbocycles. The molecule has 0 unspecified atom stereocenters. The lowest BCUT2D eigenvalue weighted by Gasteiger charge is -2.19. The molecule has 0 amide bonds. The highest BCUT2D eigenvalue weighted by atomic mass is 15.2. The molecule has 1 saturated heterocycles. The lowest BCUT2D eigenvalue weighted by molar-refractivity contribution is 0.282. The fourth-order valence-electron chi connectivity index (χ4n) is 3.07. The number of hydrogen-bond donors (Lipinski definition) is 1. The van der Waals surface area contributed by atoms with Crippen LogP contribution in [-0.2, 0) is 13.6 Å². The maximum atomic E-state index is 4.91. The molecule has 0 radical (unpaired) electrons. The molecule has 1 aliphatic rings. The Balaban J connectivity index is 1.70. The van der Waals surface area contributed by atoms with E-state index in [2.05, 4.69) is 20.4 Å². The van der Waals surface area contributed by atoms with Crippen LogP contribution in [0.5, 0.6) is 0 Å². The number of aromatic nitrogens is 5. The third-order valence-electron chi connectivity index (χ3n) is 4.27. The molecule has 0 spiro atoms. The van der Waals surface area contributed by atoms with E-state index in [1.807, 2.05) is 42.4 Å². The van der Waals surface area contributed by atoms with Gasteiger partial charge >= 0.3 is 0 Å². The van der Waals surface area contributed by atoms with E-state index in [9.17, 15) is 0 Å². The zero-order chi connectivity index (χ0) is 15.6. The second-order valence-corrected chi connectivity index (χ2v) is 6.02. The van der Waals surface area contributed by atoms with E-state index in [1.165, 1.54) is 6.42 Å². The quantitative estimate of drug-likeness (QED) is 0.779. The third kappa shape index (κ3) is 2.97. The summed E-state index contributed by atoms with van der Waals surface area (Å²) in [6.45, 7) is 5.15. The second-order valence-electron chi connectivity index (χ2n) is 6.02. The molecule has 4 heterocycles. The topological polar surface area (TPSA) is 63.3 Å². The van der Waals surface area contributed by atoms with Crippen molar-refractivity contribution in [2.24, 2.45) is 7.05 Å². The molecule has 4 rings (SSSR count). The van der Waals surface area contributed by atoms with E-state index in [4.69, 9.17) is 4.98 Å². The summed E-state index contributed by atoms with van der Waals surface area (Å²) >= 11 is 0. The highest BCUT2D eigenvalue weighted by molar-refractivity contribution is 5.61. The van der Waals surface area contributed by atoms with Gasteiger partial charge in [-0.1, -0.05) is 0 Å². The van der Waals surface area contributed by atoms with Crippen molar-refractivity contribution in [3.63, 3.8) is 0 Å². The molecular formula is C16H21N7. The highest BCUT2D eigenvalue weighted by Gasteiger charge is 2.14. The van der Waals surface area contributed by atoms with Crippen molar-refractivity contribution in [1.82, 2.24) is 34.6 Å². The number of hydrogen-bond acceptors (Lipinski definition) is 5. The fourth-order valence-corrected chi connectivity index (χ4v) is 3.07. The SMILES string of the molecule is Cn1cc(-c2cn3nccc3c(CN3CCCNCC3)n2)cn1. The van der Waals surface area contributed by atoms with Crippen LogP contribution in [0.15, 0.2) is 30.9 Å². The van der Waals surface area contributed by atoms with Crippen LogP contribution >= 0.6 is 0 Å². The molecule has 3 aromatic rings.